The zero-order valence-electron chi connectivity index (χ0n) is 16.8. The molecule has 7 nitrogen and oxygen atoms in total. The summed E-state index contributed by atoms with van der Waals surface area (Å²) in [6.07, 6.45) is -1.46. The van der Waals surface area contributed by atoms with Crippen LogP contribution in [-0.2, 0) is 0 Å². The lowest BCUT2D eigenvalue weighted by Gasteiger charge is -2.13. The van der Waals surface area contributed by atoms with Crippen LogP contribution in [0.5, 0.6) is 0 Å². The van der Waals surface area contributed by atoms with Gasteiger partial charge < -0.3 is 10.6 Å². The van der Waals surface area contributed by atoms with Crippen molar-refractivity contribution in [2.45, 2.75) is 25.9 Å². The normalized spacial score (nSPS) is 11.4. The maximum atomic E-state index is 12.9. The molecule has 0 atom stereocenters. The summed E-state index contributed by atoms with van der Waals surface area (Å²) in [5.74, 6) is -0.837. The fourth-order valence-electron chi connectivity index (χ4n) is 2.97. The number of aromatic nitrogens is 3. The fraction of sp³-hybridized carbons (Fsp3) is 0.238. The molecule has 0 aliphatic rings. The molecular formula is C21H20F3N5O2. The number of alkyl halides is 3. The van der Waals surface area contributed by atoms with Gasteiger partial charge in [0.05, 0.1) is 17.5 Å². The lowest BCUT2D eigenvalue weighted by atomic mass is 10.1. The van der Waals surface area contributed by atoms with E-state index < -0.39 is 24.5 Å². The van der Waals surface area contributed by atoms with Gasteiger partial charge in [0.25, 0.3) is 11.8 Å². The minimum atomic E-state index is -4.51. The zero-order chi connectivity index (χ0) is 22.6. The highest BCUT2D eigenvalue weighted by atomic mass is 19.4. The maximum Gasteiger partial charge on any atom is 0.405 e. The molecule has 2 heterocycles. The summed E-state index contributed by atoms with van der Waals surface area (Å²) in [5, 5.41) is 8.76. The smallest absolute Gasteiger partial charge is 0.343 e. The van der Waals surface area contributed by atoms with Crippen LogP contribution in [0, 0.1) is 0 Å². The summed E-state index contributed by atoms with van der Waals surface area (Å²) in [4.78, 5) is 29.1. The van der Waals surface area contributed by atoms with E-state index in [0.29, 0.717) is 17.1 Å². The molecule has 0 saturated carbocycles. The molecule has 0 spiro atoms. The molecule has 0 bridgehead atoms. The van der Waals surface area contributed by atoms with Crippen molar-refractivity contribution in [1.29, 1.82) is 0 Å². The molecule has 0 saturated heterocycles. The van der Waals surface area contributed by atoms with Gasteiger partial charge in [0, 0.05) is 17.4 Å². The third-order valence-electron chi connectivity index (χ3n) is 4.30. The number of benzene rings is 1. The van der Waals surface area contributed by atoms with E-state index in [9.17, 15) is 22.8 Å². The summed E-state index contributed by atoms with van der Waals surface area (Å²) in [5.41, 5.74) is 1.24. The molecule has 0 aliphatic heterocycles. The van der Waals surface area contributed by atoms with E-state index in [-0.39, 0.29) is 17.2 Å². The van der Waals surface area contributed by atoms with Crippen LogP contribution < -0.4 is 10.6 Å². The number of nitrogens with zero attached hydrogens (tertiary/aromatic N) is 3. The van der Waals surface area contributed by atoms with E-state index in [1.165, 1.54) is 30.5 Å². The monoisotopic (exact) mass is 431 g/mol. The molecule has 10 heteroatoms. The minimum Gasteiger partial charge on any atom is -0.343 e. The van der Waals surface area contributed by atoms with Gasteiger partial charge in [0.2, 0.25) is 0 Å². The van der Waals surface area contributed by atoms with Gasteiger partial charge in [0.1, 0.15) is 6.54 Å². The van der Waals surface area contributed by atoms with Crippen molar-refractivity contribution >= 4 is 17.5 Å². The molecule has 0 radical (unpaired) electrons. The van der Waals surface area contributed by atoms with Crippen molar-refractivity contribution in [3.8, 4) is 5.82 Å². The van der Waals surface area contributed by atoms with Crippen LogP contribution in [0.1, 0.15) is 46.2 Å². The van der Waals surface area contributed by atoms with Crippen molar-refractivity contribution in [3.05, 3.63) is 71.7 Å². The Morgan fingerprint density at radius 2 is 1.87 bits per heavy atom. The molecule has 0 fully saturated rings. The van der Waals surface area contributed by atoms with E-state index >= 15 is 0 Å². The van der Waals surface area contributed by atoms with Gasteiger partial charge in [-0.3, -0.25) is 9.59 Å². The number of amides is 2. The quantitative estimate of drug-likeness (QED) is 0.619. The Morgan fingerprint density at radius 1 is 1.10 bits per heavy atom. The number of anilines is 1. The number of hydrogen-bond donors (Lipinski definition) is 2. The predicted molar refractivity (Wildman–Crippen MR) is 108 cm³/mol. The second kappa shape index (κ2) is 8.99. The Labute approximate surface area is 176 Å². The molecule has 31 heavy (non-hydrogen) atoms. The highest BCUT2D eigenvalue weighted by molar-refractivity contribution is 6.06. The fourth-order valence-corrected chi connectivity index (χ4v) is 2.97. The molecular weight excluding hydrogens is 411 g/mol. The molecule has 3 rings (SSSR count). The standard InChI is InChI=1S/C21H20F3N5O2/c1-13(2)18-16(11-27-29(18)17-8-3-4-9-25-17)20(31)28-15-7-5-6-14(10-15)19(30)26-12-21(22,23)24/h3-11,13H,12H2,1-2H3,(H,26,30)(H,28,31). The van der Waals surface area contributed by atoms with E-state index in [1.807, 2.05) is 19.9 Å². The summed E-state index contributed by atoms with van der Waals surface area (Å²) in [7, 11) is 0. The summed E-state index contributed by atoms with van der Waals surface area (Å²) >= 11 is 0. The number of rotatable bonds is 6. The number of carbonyl (C=O) groups excluding carboxylic acids is 2. The van der Waals surface area contributed by atoms with Gasteiger partial charge in [-0.25, -0.2) is 9.67 Å². The Bertz CT molecular complexity index is 1080. The predicted octanol–water partition coefficient (Wildman–Crippen LogP) is 3.94. The van der Waals surface area contributed by atoms with Gasteiger partial charge in [-0.1, -0.05) is 26.0 Å². The summed E-state index contributed by atoms with van der Waals surface area (Å²) < 4.78 is 38.5. The molecule has 2 aromatic heterocycles. The average Bonchev–Trinajstić information content (AvgIpc) is 3.18. The number of carbonyl (C=O) groups is 2. The van der Waals surface area contributed by atoms with Crippen LogP contribution in [0.2, 0.25) is 0 Å². The van der Waals surface area contributed by atoms with Crippen LogP contribution >= 0.6 is 0 Å². The van der Waals surface area contributed by atoms with E-state index in [1.54, 1.807) is 28.3 Å². The van der Waals surface area contributed by atoms with Crippen LogP contribution in [0.4, 0.5) is 18.9 Å². The van der Waals surface area contributed by atoms with Crippen LogP contribution in [-0.4, -0.2) is 39.3 Å². The van der Waals surface area contributed by atoms with E-state index in [0.717, 1.165) is 0 Å². The van der Waals surface area contributed by atoms with Crippen LogP contribution in [0.25, 0.3) is 5.82 Å². The third kappa shape index (κ3) is 5.47. The Kier molecular flexibility index (Phi) is 6.38. The van der Waals surface area contributed by atoms with Crippen LogP contribution in [0.15, 0.2) is 54.9 Å². The van der Waals surface area contributed by atoms with Crippen molar-refractivity contribution in [2.24, 2.45) is 0 Å². The lowest BCUT2D eigenvalue weighted by Crippen LogP contribution is -2.33. The first-order valence-electron chi connectivity index (χ1n) is 9.41. The molecule has 1 aromatic carbocycles. The first-order valence-corrected chi connectivity index (χ1v) is 9.41. The number of pyridine rings is 1. The number of nitrogens with one attached hydrogen (secondary N) is 2. The van der Waals surface area contributed by atoms with Crippen molar-refractivity contribution in [2.75, 3.05) is 11.9 Å². The second-order valence-electron chi connectivity index (χ2n) is 7.03. The lowest BCUT2D eigenvalue weighted by molar-refractivity contribution is -0.123. The largest absolute Gasteiger partial charge is 0.405 e. The first-order chi connectivity index (χ1) is 14.7. The highest BCUT2D eigenvalue weighted by Gasteiger charge is 2.28. The van der Waals surface area contributed by atoms with E-state index in [4.69, 9.17) is 0 Å². The average molecular weight is 431 g/mol. The van der Waals surface area contributed by atoms with Gasteiger partial charge in [-0.05, 0) is 36.2 Å². The summed E-state index contributed by atoms with van der Waals surface area (Å²) in [6.45, 7) is 2.39. The molecule has 0 aliphatic carbocycles. The SMILES string of the molecule is CC(C)c1c(C(=O)Nc2cccc(C(=O)NCC(F)(F)F)c2)cnn1-c1ccccn1. The molecule has 2 amide bonds. The Balaban J connectivity index is 1.81. The molecule has 3 aromatic rings. The zero-order valence-corrected chi connectivity index (χ0v) is 16.8. The van der Waals surface area contributed by atoms with Crippen LogP contribution in [0.3, 0.4) is 0 Å². The topological polar surface area (TPSA) is 88.9 Å². The maximum absolute atomic E-state index is 12.9. The molecule has 2 N–H and O–H groups in total. The number of hydrogen-bond acceptors (Lipinski definition) is 4. The van der Waals surface area contributed by atoms with E-state index in [2.05, 4.69) is 15.4 Å². The second-order valence-corrected chi connectivity index (χ2v) is 7.03. The van der Waals surface area contributed by atoms with Crippen molar-refractivity contribution in [3.63, 3.8) is 0 Å². The van der Waals surface area contributed by atoms with Gasteiger partial charge in [0.15, 0.2) is 5.82 Å². The van der Waals surface area contributed by atoms with Crippen molar-refractivity contribution < 1.29 is 22.8 Å². The minimum absolute atomic E-state index is 0.00434. The number of halogens is 3. The van der Waals surface area contributed by atoms with Gasteiger partial charge >= 0.3 is 6.18 Å². The van der Waals surface area contributed by atoms with Gasteiger partial charge in [-0.2, -0.15) is 18.3 Å². The third-order valence-corrected chi connectivity index (χ3v) is 4.30. The van der Waals surface area contributed by atoms with Gasteiger partial charge in [-0.15, -0.1) is 0 Å². The Hall–Kier alpha value is -3.69. The first kappa shape index (κ1) is 22.0. The molecule has 162 valence electrons. The molecule has 0 unspecified atom stereocenters. The Morgan fingerprint density at radius 3 is 2.52 bits per heavy atom. The van der Waals surface area contributed by atoms with Crippen molar-refractivity contribution in [1.82, 2.24) is 20.1 Å². The summed E-state index contributed by atoms with van der Waals surface area (Å²) in [6, 6.07) is 11.0. The highest BCUT2D eigenvalue weighted by Crippen LogP contribution is 2.23.